The van der Waals surface area contributed by atoms with Crippen LogP contribution in [0.4, 0.5) is 5.69 Å². The van der Waals surface area contributed by atoms with Gasteiger partial charge in [0.15, 0.2) is 0 Å². The summed E-state index contributed by atoms with van der Waals surface area (Å²) < 4.78 is 31.8. The van der Waals surface area contributed by atoms with Crippen LogP contribution in [-0.4, -0.2) is 23.9 Å². The number of carbonyl (C=O) groups excluding carboxylic acids is 1. The van der Waals surface area contributed by atoms with Crippen LogP contribution in [0.15, 0.2) is 23.1 Å². The third-order valence-electron chi connectivity index (χ3n) is 1.63. The molecule has 0 aliphatic rings. The van der Waals surface area contributed by atoms with Crippen molar-refractivity contribution in [1.82, 2.24) is 0 Å². The highest BCUT2D eigenvalue weighted by Crippen LogP contribution is 2.20. The largest absolute Gasteiger partial charge is 0.744 e. The Kier molecular flexibility index (Phi) is 2.92. The van der Waals surface area contributed by atoms with E-state index in [0.717, 1.165) is 0 Å². The van der Waals surface area contributed by atoms with Crippen LogP contribution in [0.2, 0.25) is 0 Å². The summed E-state index contributed by atoms with van der Waals surface area (Å²) in [5.41, 5.74) is -1.56. The van der Waals surface area contributed by atoms with Gasteiger partial charge in [0.05, 0.1) is 15.8 Å². The Bertz CT molecular complexity index is 530. The molecule has 0 radical (unpaired) electrons. The standard InChI is InChI=1S/C7H5NO7S/c9-7(10)4-1-5(8(11)12)3-6(2-4)16(13,14)15/h1-3H,(H,9,10)(H,13,14,15)/p-2. The van der Waals surface area contributed by atoms with Gasteiger partial charge in [0.2, 0.25) is 0 Å². The molecule has 1 aromatic rings. The van der Waals surface area contributed by atoms with Crippen molar-refractivity contribution >= 4 is 21.8 Å². The van der Waals surface area contributed by atoms with Crippen LogP contribution in [0.5, 0.6) is 0 Å². The van der Waals surface area contributed by atoms with Crippen molar-refractivity contribution in [3.05, 3.63) is 33.9 Å². The highest BCUT2D eigenvalue weighted by atomic mass is 32.2. The number of nitrogens with zero attached hydrogens (tertiary/aromatic N) is 1. The molecular formula is C7H3NO7S-2. The van der Waals surface area contributed by atoms with Crippen LogP contribution >= 0.6 is 0 Å². The minimum absolute atomic E-state index is 0.481. The van der Waals surface area contributed by atoms with Gasteiger partial charge in [-0.1, -0.05) is 0 Å². The lowest BCUT2D eigenvalue weighted by Gasteiger charge is -2.09. The van der Waals surface area contributed by atoms with Crippen LogP contribution < -0.4 is 5.11 Å². The number of non-ortho nitro benzene ring substituents is 1. The van der Waals surface area contributed by atoms with E-state index < -0.39 is 37.2 Å². The van der Waals surface area contributed by atoms with E-state index in [4.69, 9.17) is 0 Å². The molecule has 0 aliphatic carbocycles. The lowest BCUT2D eigenvalue weighted by molar-refractivity contribution is -0.385. The fraction of sp³-hybridized carbons (Fsp3) is 0. The molecule has 0 N–H and O–H groups in total. The number of aromatic carboxylic acids is 1. The van der Waals surface area contributed by atoms with Crippen molar-refractivity contribution in [2.45, 2.75) is 4.90 Å². The van der Waals surface area contributed by atoms with E-state index in [9.17, 15) is 33.0 Å². The van der Waals surface area contributed by atoms with Gasteiger partial charge in [0.1, 0.15) is 10.1 Å². The smallest absolute Gasteiger partial charge is 0.271 e. The van der Waals surface area contributed by atoms with Gasteiger partial charge in [-0.2, -0.15) is 0 Å². The zero-order valence-electron chi connectivity index (χ0n) is 7.45. The third-order valence-corrected chi connectivity index (χ3v) is 2.44. The highest BCUT2D eigenvalue weighted by Gasteiger charge is 2.13. The van der Waals surface area contributed by atoms with E-state index in [1.54, 1.807) is 0 Å². The first kappa shape index (κ1) is 12.1. The van der Waals surface area contributed by atoms with Crippen LogP contribution in [0.1, 0.15) is 10.4 Å². The minimum atomic E-state index is -4.96. The number of hydrogen-bond donors (Lipinski definition) is 0. The van der Waals surface area contributed by atoms with Crippen molar-refractivity contribution in [2.24, 2.45) is 0 Å². The summed E-state index contributed by atoms with van der Waals surface area (Å²) in [5, 5.41) is 20.8. The van der Waals surface area contributed by atoms with Crippen molar-refractivity contribution < 1.29 is 27.8 Å². The van der Waals surface area contributed by atoms with E-state index in [1.165, 1.54) is 0 Å². The summed E-state index contributed by atoms with van der Waals surface area (Å²) in [5.74, 6) is -1.81. The molecule has 16 heavy (non-hydrogen) atoms. The Hall–Kier alpha value is -2.00. The van der Waals surface area contributed by atoms with Crippen molar-refractivity contribution in [1.29, 1.82) is 0 Å². The van der Waals surface area contributed by atoms with Gasteiger partial charge in [-0.3, -0.25) is 10.1 Å². The van der Waals surface area contributed by atoms with Crippen LogP contribution in [0, 0.1) is 10.1 Å². The number of nitro benzene ring substituents is 1. The molecular weight excluding hydrogens is 242 g/mol. The summed E-state index contributed by atoms with van der Waals surface area (Å²) in [7, 11) is -4.96. The normalized spacial score (nSPS) is 11.1. The number of carboxylic acid groups (broad SMARTS) is 1. The Morgan fingerprint density at radius 2 is 1.81 bits per heavy atom. The maximum Gasteiger partial charge on any atom is 0.271 e. The predicted molar refractivity (Wildman–Crippen MR) is 45.4 cm³/mol. The summed E-state index contributed by atoms with van der Waals surface area (Å²) in [6.45, 7) is 0. The zero-order valence-corrected chi connectivity index (χ0v) is 8.26. The van der Waals surface area contributed by atoms with Crippen LogP contribution in [-0.2, 0) is 10.1 Å². The number of carboxylic acids is 1. The Labute approximate surface area is 89.0 Å². The maximum absolute atomic E-state index is 10.6. The average Bonchev–Trinajstić information content (AvgIpc) is 2.15. The predicted octanol–water partition coefficient (Wildman–Crippen LogP) is -1.14. The molecule has 9 heteroatoms. The number of nitro groups is 1. The first-order valence-electron chi connectivity index (χ1n) is 3.68. The molecule has 0 aliphatic heterocycles. The number of rotatable bonds is 3. The van der Waals surface area contributed by atoms with Gasteiger partial charge in [-0.05, 0) is 6.07 Å². The Morgan fingerprint density at radius 3 is 2.19 bits per heavy atom. The first-order chi connectivity index (χ1) is 7.21. The van der Waals surface area contributed by atoms with Gasteiger partial charge in [0, 0.05) is 17.7 Å². The van der Waals surface area contributed by atoms with E-state index in [0.29, 0.717) is 18.2 Å². The third kappa shape index (κ3) is 2.52. The quantitative estimate of drug-likeness (QED) is 0.372. The van der Waals surface area contributed by atoms with Gasteiger partial charge >= 0.3 is 0 Å². The second-order valence-electron chi connectivity index (χ2n) is 2.71. The van der Waals surface area contributed by atoms with Gasteiger partial charge in [0.25, 0.3) is 5.69 Å². The van der Waals surface area contributed by atoms with Gasteiger partial charge in [-0.15, -0.1) is 0 Å². The number of carbonyl (C=O) groups is 1. The fourth-order valence-electron chi connectivity index (χ4n) is 0.951. The molecule has 0 saturated heterocycles. The second-order valence-corrected chi connectivity index (χ2v) is 4.09. The molecule has 1 rings (SSSR count). The van der Waals surface area contributed by atoms with E-state index in [2.05, 4.69) is 0 Å². The molecule has 0 saturated carbocycles. The molecule has 0 aromatic heterocycles. The SMILES string of the molecule is O=C([O-])c1cc([N+](=O)[O-])cc(S(=O)(=O)[O-])c1. The zero-order chi connectivity index (χ0) is 12.5. The minimum Gasteiger partial charge on any atom is -0.744 e. The summed E-state index contributed by atoms with van der Waals surface area (Å²) in [6.07, 6.45) is 0. The molecule has 0 heterocycles. The molecule has 8 nitrogen and oxygen atoms in total. The molecule has 0 bridgehead atoms. The summed E-state index contributed by atoms with van der Waals surface area (Å²) in [4.78, 5) is 18.8. The van der Waals surface area contributed by atoms with E-state index >= 15 is 0 Å². The molecule has 1 aromatic carbocycles. The molecule has 0 amide bonds. The van der Waals surface area contributed by atoms with Crippen LogP contribution in [0.25, 0.3) is 0 Å². The lowest BCUT2D eigenvalue weighted by Crippen LogP contribution is -2.22. The van der Waals surface area contributed by atoms with Crippen molar-refractivity contribution in [3.63, 3.8) is 0 Å². The lowest BCUT2D eigenvalue weighted by atomic mass is 10.2. The second kappa shape index (κ2) is 3.87. The fourth-order valence-corrected chi connectivity index (χ4v) is 1.49. The van der Waals surface area contributed by atoms with Gasteiger partial charge in [-0.25, -0.2) is 8.42 Å². The molecule has 86 valence electrons. The molecule has 0 unspecified atom stereocenters. The van der Waals surface area contributed by atoms with E-state index in [1.807, 2.05) is 0 Å². The number of hydrogen-bond acceptors (Lipinski definition) is 7. The monoisotopic (exact) mass is 245 g/mol. The molecule has 0 spiro atoms. The maximum atomic E-state index is 10.6. The number of benzene rings is 1. The first-order valence-corrected chi connectivity index (χ1v) is 5.09. The van der Waals surface area contributed by atoms with Crippen LogP contribution in [0.3, 0.4) is 0 Å². The summed E-state index contributed by atoms with van der Waals surface area (Å²) in [6, 6.07) is 1.59. The average molecular weight is 245 g/mol. The summed E-state index contributed by atoms with van der Waals surface area (Å²) >= 11 is 0. The van der Waals surface area contributed by atoms with Crippen molar-refractivity contribution in [3.8, 4) is 0 Å². The topological polar surface area (TPSA) is 140 Å². The molecule has 0 fully saturated rings. The Balaban J connectivity index is 3.54. The Morgan fingerprint density at radius 1 is 1.25 bits per heavy atom. The van der Waals surface area contributed by atoms with Gasteiger partial charge < -0.3 is 14.5 Å². The highest BCUT2D eigenvalue weighted by molar-refractivity contribution is 7.85. The van der Waals surface area contributed by atoms with E-state index in [-0.39, 0.29) is 0 Å². The van der Waals surface area contributed by atoms with Crippen molar-refractivity contribution in [2.75, 3.05) is 0 Å². The molecule has 0 atom stereocenters.